The lowest BCUT2D eigenvalue weighted by Gasteiger charge is -2.23. The molecule has 1 aliphatic carbocycles. The lowest BCUT2D eigenvalue weighted by atomic mass is 9.85. The van der Waals surface area contributed by atoms with E-state index in [4.69, 9.17) is 5.11 Å². The number of rotatable bonds is 2. The Kier molecular flexibility index (Phi) is 2.04. The fourth-order valence-electron chi connectivity index (χ4n) is 1.36. The summed E-state index contributed by atoms with van der Waals surface area (Å²) in [5, 5.41) is 8.84. The van der Waals surface area contributed by atoms with Crippen molar-refractivity contribution in [3.8, 4) is 0 Å². The van der Waals surface area contributed by atoms with E-state index in [0.29, 0.717) is 5.92 Å². The van der Waals surface area contributed by atoms with Crippen molar-refractivity contribution in [2.75, 3.05) is 0 Å². The summed E-state index contributed by atoms with van der Waals surface area (Å²) in [4.78, 5) is 8.44. The largest absolute Gasteiger partial charge is 0.390 e. The first kappa shape index (κ1) is 7.68. The third kappa shape index (κ3) is 1.32. The van der Waals surface area contributed by atoms with Gasteiger partial charge in [-0.1, -0.05) is 6.42 Å². The number of aliphatic hydroxyl groups is 1. The number of aromatic nitrogens is 2. The van der Waals surface area contributed by atoms with Gasteiger partial charge in [-0.25, -0.2) is 9.97 Å². The summed E-state index contributed by atoms with van der Waals surface area (Å²) in [6.07, 6.45) is 5.42. The van der Waals surface area contributed by atoms with E-state index in [1.807, 2.05) is 0 Å². The van der Waals surface area contributed by atoms with Crippen LogP contribution in [-0.4, -0.2) is 15.1 Å². The Bertz CT molecular complexity index is 271. The van der Waals surface area contributed by atoms with Gasteiger partial charge in [-0.15, -0.1) is 0 Å². The molecule has 1 N–H and O–H groups in total. The Balaban J connectivity index is 2.19. The summed E-state index contributed by atoms with van der Waals surface area (Å²) in [5.74, 6) is 1.46. The summed E-state index contributed by atoms with van der Waals surface area (Å²) >= 11 is 0. The summed E-state index contributed by atoms with van der Waals surface area (Å²) in [6.45, 7) is 0.0161. The average molecular weight is 164 g/mol. The quantitative estimate of drug-likeness (QED) is 0.715. The standard InChI is InChI=1S/C9H12N2O/c12-6-8-4-5-10-9(11-8)7-2-1-3-7/h4-5,7,12H,1-3,6H2. The SMILES string of the molecule is OCc1ccnc(C2CCC2)n1. The van der Waals surface area contributed by atoms with Gasteiger partial charge >= 0.3 is 0 Å². The van der Waals surface area contributed by atoms with Gasteiger partial charge in [-0.2, -0.15) is 0 Å². The van der Waals surface area contributed by atoms with Crippen molar-refractivity contribution >= 4 is 0 Å². The summed E-state index contributed by atoms with van der Waals surface area (Å²) < 4.78 is 0. The third-order valence-corrected chi connectivity index (χ3v) is 2.36. The normalized spacial score (nSPS) is 17.4. The van der Waals surface area contributed by atoms with Crippen molar-refractivity contribution in [2.45, 2.75) is 31.8 Å². The van der Waals surface area contributed by atoms with Crippen LogP contribution < -0.4 is 0 Å². The van der Waals surface area contributed by atoms with Gasteiger partial charge in [-0.3, -0.25) is 0 Å². The van der Waals surface area contributed by atoms with Gasteiger partial charge in [0.15, 0.2) is 0 Å². The first-order valence-electron chi connectivity index (χ1n) is 4.33. The third-order valence-electron chi connectivity index (χ3n) is 2.36. The molecule has 0 radical (unpaired) electrons. The van der Waals surface area contributed by atoms with E-state index >= 15 is 0 Å². The van der Waals surface area contributed by atoms with Crippen molar-refractivity contribution in [1.82, 2.24) is 9.97 Å². The van der Waals surface area contributed by atoms with E-state index < -0.39 is 0 Å². The number of aliphatic hydroxyl groups excluding tert-OH is 1. The van der Waals surface area contributed by atoms with Crippen LogP contribution in [0.25, 0.3) is 0 Å². The Morgan fingerprint density at radius 1 is 1.50 bits per heavy atom. The highest BCUT2D eigenvalue weighted by atomic mass is 16.3. The number of nitrogens with zero attached hydrogens (tertiary/aromatic N) is 2. The van der Waals surface area contributed by atoms with E-state index in [2.05, 4.69) is 9.97 Å². The molecule has 1 aromatic rings. The van der Waals surface area contributed by atoms with E-state index in [0.717, 1.165) is 11.5 Å². The first-order chi connectivity index (χ1) is 5.90. The smallest absolute Gasteiger partial charge is 0.131 e. The summed E-state index contributed by atoms with van der Waals surface area (Å²) in [6, 6.07) is 1.75. The lowest BCUT2D eigenvalue weighted by Crippen LogP contribution is -2.13. The summed E-state index contributed by atoms with van der Waals surface area (Å²) in [7, 11) is 0. The van der Waals surface area contributed by atoms with Crippen LogP contribution >= 0.6 is 0 Å². The highest BCUT2D eigenvalue weighted by Gasteiger charge is 2.21. The zero-order valence-corrected chi connectivity index (χ0v) is 6.90. The van der Waals surface area contributed by atoms with Crippen LogP contribution in [-0.2, 0) is 6.61 Å². The van der Waals surface area contributed by atoms with Crippen LogP contribution in [0.3, 0.4) is 0 Å². The molecule has 0 saturated heterocycles. The topological polar surface area (TPSA) is 46.0 Å². The molecular weight excluding hydrogens is 152 g/mol. The van der Waals surface area contributed by atoms with Gasteiger partial charge in [0.25, 0.3) is 0 Å². The molecule has 2 rings (SSSR count). The Morgan fingerprint density at radius 2 is 2.33 bits per heavy atom. The maximum Gasteiger partial charge on any atom is 0.131 e. The van der Waals surface area contributed by atoms with Crippen LogP contribution in [0, 0.1) is 0 Å². The van der Waals surface area contributed by atoms with E-state index in [9.17, 15) is 0 Å². The highest BCUT2D eigenvalue weighted by molar-refractivity contribution is 5.06. The molecule has 1 aromatic heterocycles. The molecule has 0 unspecified atom stereocenters. The second kappa shape index (κ2) is 3.19. The van der Waals surface area contributed by atoms with Gasteiger partial charge in [0, 0.05) is 12.1 Å². The highest BCUT2D eigenvalue weighted by Crippen LogP contribution is 2.33. The zero-order chi connectivity index (χ0) is 8.39. The zero-order valence-electron chi connectivity index (χ0n) is 6.90. The molecule has 0 atom stereocenters. The van der Waals surface area contributed by atoms with E-state index in [-0.39, 0.29) is 6.61 Å². The molecule has 3 heteroatoms. The lowest BCUT2D eigenvalue weighted by molar-refractivity contribution is 0.275. The van der Waals surface area contributed by atoms with Gasteiger partial charge in [0.2, 0.25) is 0 Å². The molecular formula is C9H12N2O. The average Bonchev–Trinajstić information content (AvgIpc) is 2.02. The minimum absolute atomic E-state index is 0.0161. The van der Waals surface area contributed by atoms with Crippen LogP contribution in [0.5, 0.6) is 0 Å². The van der Waals surface area contributed by atoms with Crippen LogP contribution in [0.4, 0.5) is 0 Å². The Labute approximate surface area is 71.5 Å². The fourth-order valence-corrected chi connectivity index (χ4v) is 1.36. The number of hydrogen-bond donors (Lipinski definition) is 1. The second-order valence-corrected chi connectivity index (χ2v) is 3.19. The van der Waals surface area contributed by atoms with Crippen molar-refractivity contribution < 1.29 is 5.11 Å². The van der Waals surface area contributed by atoms with Crippen molar-refractivity contribution in [3.63, 3.8) is 0 Å². The molecule has 1 fully saturated rings. The molecule has 1 saturated carbocycles. The predicted molar refractivity (Wildman–Crippen MR) is 44.5 cm³/mol. The van der Waals surface area contributed by atoms with E-state index in [1.165, 1.54) is 19.3 Å². The first-order valence-corrected chi connectivity index (χ1v) is 4.33. The second-order valence-electron chi connectivity index (χ2n) is 3.19. The fraction of sp³-hybridized carbons (Fsp3) is 0.556. The van der Waals surface area contributed by atoms with Crippen molar-refractivity contribution in [2.24, 2.45) is 0 Å². The van der Waals surface area contributed by atoms with Crippen LogP contribution in [0.1, 0.15) is 36.7 Å². The molecule has 0 aliphatic heterocycles. The maximum atomic E-state index is 8.84. The minimum Gasteiger partial charge on any atom is -0.390 e. The molecule has 0 amide bonds. The van der Waals surface area contributed by atoms with Crippen LogP contribution in [0.2, 0.25) is 0 Å². The van der Waals surface area contributed by atoms with Gasteiger partial charge < -0.3 is 5.11 Å². The van der Waals surface area contributed by atoms with Gasteiger partial charge in [-0.05, 0) is 18.9 Å². The summed E-state index contributed by atoms with van der Waals surface area (Å²) in [5.41, 5.74) is 0.729. The molecule has 0 bridgehead atoms. The predicted octanol–water partition coefficient (Wildman–Crippen LogP) is 1.24. The monoisotopic (exact) mass is 164 g/mol. The molecule has 1 heterocycles. The van der Waals surface area contributed by atoms with E-state index in [1.54, 1.807) is 12.3 Å². The van der Waals surface area contributed by atoms with Gasteiger partial charge in [0.05, 0.1) is 12.3 Å². The molecule has 3 nitrogen and oxygen atoms in total. The molecule has 1 aliphatic rings. The molecule has 0 aromatic carbocycles. The minimum atomic E-state index is 0.0161. The van der Waals surface area contributed by atoms with Gasteiger partial charge in [0.1, 0.15) is 5.82 Å². The Hall–Kier alpha value is -0.960. The van der Waals surface area contributed by atoms with Crippen LogP contribution in [0.15, 0.2) is 12.3 Å². The van der Waals surface area contributed by atoms with Crippen molar-refractivity contribution in [1.29, 1.82) is 0 Å². The molecule has 0 spiro atoms. The number of hydrogen-bond acceptors (Lipinski definition) is 3. The Morgan fingerprint density at radius 3 is 2.92 bits per heavy atom. The molecule has 12 heavy (non-hydrogen) atoms. The maximum absolute atomic E-state index is 8.84. The van der Waals surface area contributed by atoms with Crippen molar-refractivity contribution in [3.05, 3.63) is 23.8 Å². The molecule has 64 valence electrons.